The predicted octanol–water partition coefficient (Wildman–Crippen LogP) is 3.11. The molecule has 0 aliphatic carbocycles. The van der Waals surface area contributed by atoms with Gasteiger partial charge in [0.2, 0.25) is 0 Å². The van der Waals surface area contributed by atoms with Crippen molar-refractivity contribution in [3.63, 3.8) is 0 Å². The fourth-order valence-electron chi connectivity index (χ4n) is 2.17. The standard InChI is InChI=1S/C16H20FN3O3S/c1-16(2,3)23-15(22)18-7-4-8-20-13(21)11-9-10(17)5-6-12(11)19-14(20)24/h5-6,9H,4,7-8H2,1-3H3,(H,18,22)(H,19,24). The molecule has 130 valence electrons. The molecule has 0 fully saturated rings. The van der Waals surface area contributed by atoms with Crippen molar-refractivity contribution < 1.29 is 13.9 Å². The molecule has 2 aromatic rings. The van der Waals surface area contributed by atoms with Crippen molar-refractivity contribution in [2.24, 2.45) is 0 Å². The van der Waals surface area contributed by atoms with E-state index in [1.54, 1.807) is 20.8 Å². The van der Waals surface area contributed by atoms with Gasteiger partial charge >= 0.3 is 6.09 Å². The van der Waals surface area contributed by atoms with Crippen LogP contribution in [0.3, 0.4) is 0 Å². The Morgan fingerprint density at radius 1 is 1.42 bits per heavy atom. The largest absolute Gasteiger partial charge is 0.444 e. The second kappa shape index (κ2) is 7.12. The van der Waals surface area contributed by atoms with Gasteiger partial charge < -0.3 is 15.0 Å². The Hall–Kier alpha value is -2.22. The Labute approximate surface area is 143 Å². The summed E-state index contributed by atoms with van der Waals surface area (Å²) < 4.78 is 20.1. The molecule has 1 aromatic heterocycles. The minimum Gasteiger partial charge on any atom is -0.444 e. The number of carbonyl (C=O) groups is 1. The van der Waals surface area contributed by atoms with Crippen molar-refractivity contribution in [2.45, 2.75) is 39.3 Å². The molecule has 2 rings (SSSR count). The van der Waals surface area contributed by atoms with Crippen LogP contribution in [0.15, 0.2) is 23.0 Å². The van der Waals surface area contributed by atoms with Crippen LogP contribution in [0.25, 0.3) is 10.9 Å². The Kier molecular flexibility index (Phi) is 5.38. The van der Waals surface area contributed by atoms with E-state index in [0.717, 1.165) is 0 Å². The highest BCUT2D eigenvalue weighted by molar-refractivity contribution is 7.71. The van der Waals surface area contributed by atoms with E-state index >= 15 is 0 Å². The Morgan fingerprint density at radius 3 is 2.79 bits per heavy atom. The second-order valence-electron chi connectivity index (χ2n) is 6.36. The first-order chi connectivity index (χ1) is 11.2. The molecule has 0 spiro atoms. The summed E-state index contributed by atoms with van der Waals surface area (Å²) in [6.07, 6.45) is -0.0298. The molecule has 0 saturated carbocycles. The maximum Gasteiger partial charge on any atom is 0.407 e. The van der Waals surface area contributed by atoms with Crippen LogP contribution in [0.2, 0.25) is 0 Å². The normalized spacial score (nSPS) is 11.5. The van der Waals surface area contributed by atoms with E-state index in [-0.39, 0.29) is 15.7 Å². The molecule has 1 heterocycles. The van der Waals surface area contributed by atoms with E-state index < -0.39 is 17.5 Å². The van der Waals surface area contributed by atoms with Gasteiger partial charge in [0.15, 0.2) is 4.77 Å². The van der Waals surface area contributed by atoms with Crippen molar-refractivity contribution in [3.8, 4) is 0 Å². The van der Waals surface area contributed by atoms with Crippen molar-refractivity contribution in [1.29, 1.82) is 0 Å². The molecule has 0 saturated heterocycles. The number of alkyl carbamates (subject to hydrolysis) is 1. The predicted molar refractivity (Wildman–Crippen MR) is 92.2 cm³/mol. The van der Waals surface area contributed by atoms with Crippen molar-refractivity contribution in [1.82, 2.24) is 14.9 Å². The van der Waals surface area contributed by atoms with Gasteiger partial charge in [-0.1, -0.05) is 0 Å². The summed E-state index contributed by atoms with van der Waals surface area (Å²) in [7, 11) is 0. The summed E-state index contributed by atoms with van der Waals surface area (Å²) in [6, 6.07) is 3.93. The summed E-state index contributed by atoms with van der Waals surface area (Å²) >= 11 is 5.17. The number of amides is 1. The molecule has 0 radical (unpaired) electrons. The Balaban J connectivity index is 2.04. The van der Waals surface area contributed by atoms with Gasteiger partial charge in [-0.15, -0.1) is 0 Å². The third-order valence-corrected chi connectivity index (χ3v) is 3.49. The number of nitrogens with zero attached hydrogens (tertiary/aromatic N) is 1. The fraction of sp³-hybridized carbons (Fsp3) is 0.438. The number of aromatic amines is 1. The number of carbonyl (C=O) groups excluding carboxylic acids is 1. The van der Waals surface area contributed by atoms with Gasteiger partial charge in [0.05, 0.1) is 10.9 Å². The van der Waals surface area contributed by atoms with E-state index in [1.165, 1.54) is 22.8 Å². The molecule has 0 aliphatic rings. The lowest BCUT2D eigenvalue weighted by Gasteiger charge is -2.19. The highest BCUT2D eigenvalue weighted by atomic mass is 32.1. The lowest BCUT2D eigenvalue weighted by molar-refractivity contribution is 0.0526. The summed E-state index contributed by atoms with van der Waals surface area (Å²) in [6.45, 7) is 5.96. The molecule has 0 atom stereocenters. The van der Waals surface area contributed by atoms with Gasteiger partial charge in [-0.3, -0.25) is 9.36 Å². The minimum absolute atomic E-state index is 0.240. The summed E-state index contributed by atoms with van der Waals surface area (Å²) in [5.74, 6) is -0.483. The number of halogens is 1. The number of benzene rings is 1. The SMILES string of the molecule is CC(C)(C)OC(=O)NCCCn1c(=S)[nH]c2ccc(F)cc2c1=O. The molecular formula is C16H20FN3O3S. The number of nitrogens with one attached hydrogen (secondary N) is 2. The van der Waals surface area contributed by atoms with Crippen LogP contribution >= 0.6 is 12.2 Å². The maximum absolute atomic E-state index is 13.3. The molecule has 1 aromatic carbocycles. The molecular weight excluding hydrogens is 333 g/mol. The zero-order valence-electron chi connectivity index (χ0n) is 13.8. The molecule has 0 unspecified atom stereocenters. The number of aromatic nitrogens is 2. The average Bonchev–Trinajstić information content (AvgIpc) is 2.45. The number of hydrogen-bond donors (Lipinski definition) is 2. The molecule has 2 N–H and O–H groups in total. The van der Waals surface area contributed by atoms with Crippen LogP contribution in [0, 0.1) is 10.6 Å². The number of hydrogen-bond acceptors (Lipinski definition) is 4. The van der Waals surface area contributed by atoms with Gasteiger partial charge in [0.1, 0.15) is 11.4 Å². The first-order valence-electron chi connectivity index (χ1n) is 7.56. The molecule has 1 amide bonds. The van der Waals surface area contributed by atoms with E-state index in [2.05, 4.69) is 10.3 Å². The molecule has 8 heteroatoms. The quantitative estimate of drug-likeness (QED) is 0.654. The number of ether oxygens (including phenoxy) is 1. The number of H-pyrrole nitrogens is 1. The fourth-order valence-corrected chi connectivity index (χ4v) is 2.45. The lowest BCUT2D eigenvalue weighted by atomic mass is 10.2. The minimum atomic E-state index is -0.563. The van der Waals surface area contributed by atoms with Gasteiger partial charge in [-0.25, -0.2) is 9.18 Å². The van der Waals surface area contributed by atoms with E-state index in [4.69, 9.17) is 17.0 Å². The summed E-state index contributed by atoms with van der Waals surface area (Å²) in [5, 5.41) is 2.85. The zero-order valence-corrected chi connectivity index (χ0v) is 14.6. The van der Waals surface area contributed by atoms with Crippen LogP contribution in [0.5, 0.6) is 0 Å². The van der Waals surface area contributed by atoms with E-state index in [1.807, 2.05) is 0 Å². The highest BCUT2D eigenvalue weighted by Gasteiger charge is 2.15. The van der Waals surface area contributed by atoms with Crippen LogP contribution in [-0.2, 0) is 11.3 Å². The van der Waals surface area contributed by atoms with Crippen molar-refractivity contribution in [3.05, 3.63) is 39.1 Å². The third-order valence-electron chi connectivity index (χ3n) is 3.17. The topological polar surface area (TPSA) is 76.1 Å². The van der Waals surface area contributed by atoms with Crippen molar-refractivity contribution in [2.75, 3.05) is 6.54 Å². The van der Waals surface area contributed by atoms with Crippen LogP contribution in [0.1, 0.15) is 27.2 Å². The molecule has 24 heavy (non-hydrogen) atoms. The summed E-state index contributed by atoms with van der Waals surface area (Å²) in [4.78, 5) is 26.9. The molecule has 0 bridgehead atoms. The smallest absolute Gasteiger partial charge is 0.407 e. The number of rotatable bonds is 4. The zero-order chi connectivity index (χ0) is 17.9. The first-order valence-corrected chi connectivity index (χ1v) is 7.97. The van der Waals surface area contributed by atoms with Gasteiger partial charge in [-0.05, 0) is 57.6 Å². The number of fused-ring (bicyclic) bond motifs is 1. The van der Waals surface area contributed by atoms with Gasteiger partial charge in [0.25, 0.3) is 5.56 Å². The van der Waals surface area contributed by atoms with Crippen LogP contribution < -0.4 is 10.9 Å². The van der Waals surface area contributed by atoms with E-state index in [9.17, 15) is 14.0 Å². The first kappa shape index (κ1) is 18.1. The van der Waals surface area contributed by atoms with Crippen molar-refractivity contribution >= 4 is 29.2 Å². The van der Waals surface area contributed by atoms with E-state index in [0.29, 0.717) is 25.0 Å². The van der Waals surface area contributed by atoms with Crippen LogP contribution in [0.4, 0.5) is 9.18 Å². The Morgan fingerprint density at radius 2 is 2.12 bits per heavy atom. The maximum atomic E-state index is 13.3. The lowest BCUT2D eigenvalue weighted by Crippen LogP contribution is -2.33. The second-order valence-corrected chi connectivity index (χ2v) is 6.75. The molecule has 6 nitrogen and oxygen atoms in total. The third kappa shape index (κ3) is 4.64. The average molecular weight is 353 g/mol. The highest BCUT2D eigenvalue weighted by Crippen LogP contribution is 2.09. The summed E-state index contributed by atoms with van der Waals surface area (Å²) in [5.41, 5.74) is -0.424. The van der Waals surface area contributed by atoms with Gasteiger partial charge in [0, 0.05) is 13.1 Å². The van der Waals surface area contributed by atoms with Gasteiger partial charge in [-0.2, -0.15) is 0 Å². The monoisotopic (exact) mass is 353 g/mol. The van der Waals surface area contributed by atoms with Crippen LogP contribution in [-0.4, -0.2) is 27.8 Å². The Bertz CT molecular complexity index is 867. The molecule has 0 aliphatic heterocycles.